The van der Waals surface area contributed by atoms with Crippen molar-refractivity contribution in [3.63, 3.8) is 0 Å². The molecule has 0 fully saturated rings. The van der Waals surface area contributed by atoms with Gasteiger partial charge >= 0.3 is 6.18 Å². The maximum Gasteiger partial charge on any atom is 0.407 e. The number of pyridine rings is 1. The third-order valence-electron chi connectivity index (χ3n) is 5.86. The molecule has 3 aromatic carbocycles. The van der Waals surface area contributed by atoms with Crippen molar-refractivity contribution < 1.29 is 18.3 Å². The number of aryl methyl sites for hydroxylation is 2. The first kappa shape index (κ1) is 23.8. The molecule has 176 valence electrons. The summed E-state index contributed by atoms with van der Waals surface area (Å²) in [6.07, 6.45) is -4.87. The van der Waals surface area contributed by atoms with Crippen molar-refractivity contribution in [2.24, 2.45) is 0 Å². The van der Waals surface area contributed by atoms with Crippen LogP contribution in [0.2, 0.25) is 0 Å². The average Bonchev–Trinajstić information content (AvgIpc) is 2.81. The van der Waals surface area contributed by atoms with E-state index < -0.39 is 23.0 Å². The molecular formula is C28H21F3N2O2. The fraction of sp³-hybridized carbons (Fsp3) is 0.143. The molecule has 1 aromatic heterocycles. The molecule has 0 radical (unpaired) electrons. The number of aromatic hydroxyl groups is 1. The molecule has 1 heterocycles. The Balaban J connectivity index is 1.98. The number of halogens is 3. The highest BCUT2D eigenvalue weighted by Gasteiger charge is 2.36. The van der Waals surface area contributed by atoms with Gasteiger partial charge in [0, 0.05) is 5.69 Å². The Labute approximate surface area is 200 Å². The number of alkyl halides is 3. The van der Waals surface area contributed by atoms with E-state index in [1.807, 2.05) is 32.0 Å². The lowest BCUT2D eigenvalue weighted by Gasteiger charge is -2.19. The quantitative estimate of drug-likeness (QED) is 0.320. The van der Waals surface area contributed by atoms with Crippen LogP contribution in [0.15, 0.2) is 77.6 Å². The van der Waals surface area contributed by atoms with Crippen molar-refractivity contribution in [2.75, 3.05) is 0 Å². The van der Waals surface area contributed by atoms with Gasteiger partial charge < -0.3 is 9.67 Å². The first-order valence-corrected chi connectivity index (χ1v) is 10.8. The van der Waals surface area contributed by atoms with Gasteiger partial charge in [-0.2, -0.15) is 13.2 Å². The molecule has 35 heavy (non-hydrogen) atoms. The zero-order valence-electron chi connectivity index (χ0n) is 19.0. The molecular weight excluding hydrogens is 453 g/mol. The molecule has 1 N–H and O–H groups in total. The molecule has 4 rings (SSSR count). The predicted molar refractivity (Wildman–Crippen MR) is 130 cm³/mol. The summed E-state index contributed by atoms with van der Waals surface area (Å²) in [5, 5.41) is 9.84. The second kappa shape index (κ2) is 9.15. The van der Waals surface area contributed by atoms with Gasteiger partial charge in [0.1, 0.15) is 5.75 Å². The number of phenols is 1. The minimum atomic E-state index is -4.87. The molecule has 0 spiro atoms. The molecule has 4 nitrogen and oxygen atoms in total. The maximum absolute atomic E-state index is 13.8. The Morgan fingerprint density at radius 2 is 1.57 bits per heavy atom. The molecule has 0 saturated carbocycles. The maximum atomic E-state index is 13.8. The van der Waals surface area contributed by atoms with Gasteiger partial charge in [0.05, 0.1) is 18.7 Å². The molecule has 0 aliphatic heterocycles. The summed E-state index contributed by atoms with van der Waals surface area (Å²) < 4.78 is 42.8. The lowest BCUT2D eigenvalue weighted by Crippen LogP contribution is -2.25. The van der Waals surface area contributed by atoms with E-state index in [0.717, 1.165) is 22.8 Å². The van der Waals surface area contributed by atoms with Crippen molar-refractivity contribution >= 4 is 5.69 Å². The number of benzene rings is 3. The Hall–Kier alpha value is -4.31. The summed E-state index contributed by atoms with van der Waals surface area (Å²) in [7, 11) is 0. The van der Waals surface area contributed by atoms with Crippen LogP contribution in [0.25, 0.3) is 27.2 Å². The number of phenolic OH excluding ortho intramolecular Hbond substituents is 1. The summed E-state index contributed by atoms with van der Waals surface area (Å²) >= 11 is 0. The van der Waals surface area contributed by atoms with Crippen LogP contribution in [0.1, 0.15) is 22.3 Å². The predicted octanol–water partition coefficient (Wildman–Crippen LogP) is 7.12. The van der Waals surface area contributed by atoms with E-state index >= 15 is 0 Å². The number of aromatic nitrogens is 1. The van der Waals surface area contributed by atoms with E-state index in [4.69, 9.17) is 6.57 Å². The zero-order chi connectivity index (χ0) is 25.3. The third kappa shape index (κ3) is 4.82. The van der Waals surface area contributed by atoms with Crippen LogP contribution in [0.4, 0.5) is 18.9 Å². The summed E-state index contributed by atoms with van der Waals surface area (Å²) in [5.74, 6) is 0.0559. The first-order chi connectivity index (χ1) is 16.6. The highest BCUT2D eigenvalue weighted by molar-refractivity contribution is 5.74. The highest BCUT2D eigenvalue weighted by Crippen LogP contribution is 2.38. The van der Waals surface area contributed by atoms with Crippen LogP contribution in [0, 0.1) is 20.4 Å². The van der Waals surface area contributed by atoms with Crippen molar-refractivity contribution in [2.45, 2.75) is 26.6 Å². The molecule has 0 saturated heterocycles. The minimum absolute atomic E-state index is 0.0112. The summed E-state index contributed by atoms with van der Waals surface area (Å²) in [4.78, 5) is 16.2. The molecule has 4 aromatic rings. The van der Waals surface area contributed by atoms with Gasteiger partial charge in [-0.25, -0.2) is 4.85 Å². The molecule has 0 atom stereocenters. The van der Waals surface area contributed by atoms with Crippen molar-refractivity contribution in [1.29, 1.82) is 0 Å². The first-order valence-electron chi connectivity index (χ1n) is 10.8. The zero-order valence-corrected chi connectivity index (χ0v) is 19.0. The second-order valence-corrected chi connectivity index (χ2v) is 8.35. The van der Waals surface area contributed by atoms with E-state index in [-0.39, 0.29) is 18.0 Å². The Morgan fingerprint density at radius 1 is 0.914 bits per heavy atom. The summed E-state index contributed by atoms with van der Waals surface area (Å²) in [6, 6.07) is 19.7. The van der Waals surface area contributed by atoms with Crippen LogP contribution in [0.3, 0.4) is 0 Å². The number of rotatable bonds is 4. The summed E-state index contributed by atoms with van der Waals surface area (Å²) in [6.45, 7) is 11.1. The van der Waals surface area contributed by atoms with E-state index in [0.29, 0.717) is 16.7 Å². The topological polar surface area (TPSA) is 46.6 Å². The molecule has 0 bridgehead atoms. The van der Waals surface area contributed by atoms with E-state index in [1.54, 1.807) is 42.5 Å². The SMILES string of the molecule is [C-]#[N+]c1c(C(F)(F)F)cc(-c2cccc(-c3cccc(O)c3)c2)n(Cc2ccc(C)cc2C)c1=O. The van der Waals surface area contributed by atoms with Gasteiger partial charge in [-0.05, 0) is 65.9 Å². The smallest absolute Gasteiger partial charge is 0.407 e. The number of hydrogen-bond donors (Lipinski definition) is 1. The standard InChI is InChI=1S/C28H21F3N2O2/c1-17-10-11-22(18(2)12-17)16-33-25(15-24(28(29,30)31)26(32-3)27(33)35)21-8-4-6-19(13-21)20-7-5-9-23(34)14-20/h4-15,34H,16H2,1-2H3. The minimum Gasteiger partial charge on any atom is -0.508 e. The van der Waals surface area contributed by atoms with Crippen molar-refractivity contribution in [3.8, 4) is 28.1 Å². The molecule has 0 unspecified atom stereocenters. The molecule has 0 aliphatic carbocycles. The van der Waals surface area contributed by atoms with Gasteiger partial charge in [-0.3, -0.25) is 4.79 Å². The summed E-state index contributed by atoms with van der Waals surface area (Å²) in [5.41, 5.74) is 1.24. The fourth-order valence-corrected chi connectivity index (χ4v) is 4.09. The number of nitrogens with zero attached hydrogens (tertiary/aromatic N) is 2. The third-order valence-corrected chi connectivity index (χ3v) is 5.86. The van der Waals surface area contributed by atoms with E-state index in [2.05, 4.69) is 4.85 Å². The van der Waals surface area contributed by atoms with Crippen LogP contribution in [-0.2, 0) is 12.7 Å². The molecule has 0 amide bonds. The monoisotopic (exact) mass is 474 g/mol. The van der Waals surface area contributed by atoms with Gasteiger partial charge in [-0.15, -0.1) is 0 Å². The van der Waals surface area contributed by atoms with Crippen LogP contribution in [-0.4, -0.2) is 9.67 Å². The van der Waals surface area contributed by atoms with E-state index in [9.17, 15) is 23.1 Å². The fourth-order valence-electron chi connectivity index (χ4n) is 4.09. The highest BCUT2D eigenvalue weighted by atomic mass is 19.4. The van der Waals surface area contributed by atoms with Gasteiger partial charge in [0.25, 0.3) is 11.2 Å². The van der Waals surface area contributed by atoms with Crippen LogP contribution >= 0.6 is 0 Å². The second-order valence-electron chi connectivity index (χ2n) is 8.35. The van der Waals surface area contributed by atoms with Gasteiger partial charge in [0.15, 0.2) is 0 Å². The Kier molecular flexibility index (Phi) is 6.23. The van der Waals surface area contributed by atoms with Gasteiger partial charge in [0.2, 0.25) is 0 Å². The van der Waals surface area contributed by atoms with Crippen molar-refractivity contribution in [1.82, 2.24) is 4.57 Å². The van der Waals surface area contributed by atoms with Gasteiger partial charge in [-0.1, -0.05) is 54.1 Å². The Bertz CT molecular complexity index is 1530. The van der Waals surface area contributed by atoms with E-state index in [1.165, 1.54) is 10.6 Å². The van der Waals surface area contributed by atoms with Crippen LogP contribution < -0.4 is 5.56 Å². The largest absolute Gasteiger partial charge is 0.508 e. The lowest BCUT2D eigenvalue weighted by atomic mass is 9.99. The Morgan fingerprint density at radius 3 is 2.20 bits per heavy atom. The normalized spacial score (nSPS) is 11.3. The lowest BCUT2D eigenvalue weighted by molar-refractivity contribution is -0.136. The van der Waals surface area contributed by atoms with Crippen molar-refractivity contribution in [3.05, 3.63) is 117 Å². The molecule has 7 heteroatoms. The molecule has 0 aliphatic rings. The number of hydrogen-bond acceptors (Lipinski definition) is 2. The average molecular weight is 474 g/mol. The van der Waals surface area contributed by atoms with Crippen LogP contribution in [0.5, 0.6) is 5.75 Å².